The Kier molecular flexibility index (Phi) is 10.5. The Bertz CT molecular complexity index is 2310. The molecule has 6 aromatic rings. The molecule has 1 aliphatic heterocycles. The molecule has 0 radical (unpaired) electrons. The maximum atomic E-state index is 14.7. The van der Waals surface area contributed by atoms with Crippen molar-refractivity contribution in [1.29, 1.82) is 0 Å². The molecule has 1 atom stereocenters. The third kappa shape index (κ3) is 8.36. The number of hydrogen-bond donors (Lipinski definition) is 1. The van der Waals surface area contributed by atoms with Crippen LogP contribution in [-0.4, -0.2) is 39.0 Å². The minimum absolute atomic E-state index is 0.100. The zero-order chi connectivity index (χ0) is 39.7. The number of hydrogen-bond acceptors (Lipinski definition) is 6. The number of alkyl halides is 5. The van der Waals surface area contributed by atoms with Crippen molar-refractivity contribution in [2.24, 2.45) is 5.41 Å². The Labute approximate surface area is 327 Å². The zero-order valence-corrected chi connectivity index (χ0v) is 31.2. The lowest BCUT2D eigenvalue weighted by molar-refractivity contribution is -0.187. The molecule has 2 aromatic heterocycles. The number of likely N-dealkylation sites (tertiary alicyclic amines) is 1. The molecule has 11 heteroatoms. The minimum Gasteiger partial charge on any atom is -0.473 e. The Morgan fingerprint density at radius 3 is 2.04 bits per heavy atom. The van der Waals surface area contributed by atoms with E-state index in [9.17, 15) is 27.1 Å². The van der Waals surface area contributed by atoms with E-state index in [4.69, 9.17) is 19.4 Å². The van der Waals surface area contributed by atoms with Crippen LogP contribution in [0.2, 0.25) is 0 Å². The van der Waals surface area contributed by atoms with E-state index in [0.717, 1.165) is 34.2 Å². The lowest BCUT2D eigenvalue weighted by Gasteiger charge is -2.56. The van der Waals surface area contributed by atoms with Gasteiger partial charge in [-0.25, -0.2) is 8.78 Å². The van der Waals surface area contributed by atoms with Crippen molar-refractivity contribution in [3.63, 3.8) is 0 Å². The zero-order valence-electron chi connectivity index (χ0n) is 31.2. The molecule has 0 amide bonds. The fourth-order valence-electron chi connectivity index (χ4n) is 8.36. The van der Waals surface area contributed by atoms with Crippen molar-refractivity contribution in [3.05, 3.63) is 155 Å². The van der Waals surface area contributed by atoms with Crippen molar-refractivity contribution in [2.75, 3.05) is 13.1 Å². The highest BCUT2D eigenvalue weighted by atomic mass is 19.4. The molecule has 4 aromatic carbocycles. The summed E-state index contributed by atoms with van der Waals surface area (Å²) < 4.78 is 81.4. The molecule has 1 saturated heterocycles. The van der Waals surface area contributed by atoms with E-state index >= 15 is 0 Å². The van der Waals surface area contributed by atoms with Crippen LogP contribution in [0.3, 0.4) is 0 Å². The van der Waals surface area contributed by atoms with Gasteiger partial charge in [0.1, 0.15) is 13.2 Å². The highest BCUT2D eigenvalue weighted by Crippen LogP contribution is 2.57. The van der Waals surface area contributed by atoms with Gasteiger partial charge in [0, 0.05) is 66.7 Å². The molecule has 8 rings (SSSR count). The fraction of sp³-hybridized carbons (Fsp3) is 0.304. The van der Waals surface area contributed by atoms with Crippen LogP contribution in [0.4, 0.5) is 22.0 Å². The van der Waals surface area contributed by atoms with E-state index in [1.807, 2.05) is 91.0 Å². The van der Waals surface area contributed by atoms with Crippen molar-refractivity contribution >= 4 is 10.9 Å². The average Bonchev–Trinajstić information content (AvgIpc) is 3.22. The summed E-state index contributed by atoms with van der Waals surface area (Å²) in [5.74, 6) is -2.07. The molecular weight excluding hydrogens is 738 g/mol. The molecule has 294 valence electrons. The van der Waals surface area contributed by atoms with Crippen LogP contribution in [0.15, 0.2) is 128 Å². The molecule has 1 saturated carbocycles. The maximum Gasteiger partial charge on any atom is 0.416 e. The van der Waals surface area contributed by atoms with Crippen LogP contribution in [0.25, 0.3) is 22.0 Å². The second-order valence-corrected chi connectivity index (χ2v) is 15.3. The summed E-state index contributed by atoms with van der Waals surface area (Å²) in [6, 6.07) is 35.8. The van der Waals surface area contributed by atoms with Crippen molar-refractivity contribution < 1.29 is 36.5 Å². The van der Waals surface area contributed by atoms with E-state index in [1.165, 1.54) is 12.1 Å². The van der Waals surface area contributed by atoms with Crippen LogP contribution in [0, 0.1) is 5.41 Å². The maximum absolute atomic E-state index is 14.7. The summed E-state index contributed by atoms with van der Waals surface area (Å²) in [7, 11) is 0. The summed E-state index contributed by atoms with van der Waals surface area (Å²) in [6.07, 6.45) is -2.93. The quantitative estimate of drug-likeness (QED) is 0.140. The summed E-state index contributed by atoms with van der Waals surface area (Å²) >= 11 is 0. The van der Waals surface area contributed by atoms with Crippen molar-refractivity contribution in [1.82, 2.24) is 14.9 Å². The molecule has 1 unspecified atom stereocenters. The predicted molar refractivity (Wildman–Crippen MR) is 208 cm³/mol. The van der Waals surface area contributed by atoms with Gasteiger partial charge in [-0.15, -0.1) is 0 Å². The number of ether oxygens (including phenoxy) is 2. The molecular formula is C46H42F5N3O3. The number of rotatable bonds is 10. The standard InChI is InChI=1S/C46H42F5N3O3/c47-44(48)21-19-43(20-22-44)31-54(28-32-11-13-37(14-12-32)46(49,50)51)24-23-45(43,55)38-15-17-40-35(26-38)25-36(27-52-40)39-16-18-41(56-29-33-7-3-1-4-8-33)53-42(39)57-30-34-9-5-2-6-10-34/h1-18,25-27,55H,19-24,28-31H2. The van der Waals surface area contributed by atoms with E-state index < -0.39 is 28.7 Å². The lowest BCUT2D eigenvalue weighted by Crippen LogP contribution is -2.59. The molecule has 2 aliphatic rings. The highest BCUT2D eigenvalue weighted by Gasteiger charge is 2.58. The highest BCUT2D eigenvalue weighted by molar-refractivity contribution is 5.85. The monoisotopic (exact) mass is 779 g/mol. The lowest BCUT2D eigenvalue weighted by atomic mass is 9.57. The van der Waals surface area contributed by atoms with Gasteiger partial charge >= 0.3 is 6.18 Å². The topological polar surface area (TPSA) is 67.7 Å². The molecule has 1 N–H and O–H groups in total. The first kappa shape index (κ1) is 38.5. The number of aliphatic hydroxyl groups is 1. The van der Waals surface area contributed by atoms with Crippen LogP contribution < -0.4 is 9.47 Å². The second kappa shape index (κ2) is 15.5. The molecule has 6 nitrogen and oxygen atoms in total. The van der Waals surface area contributed by atoms with E-state index in [0.29, 0.717) is 60.2 Å². The molecule has 2 fully saturated rings. The first-order valence-electron chi connectivity index (χ1n) is 19.1. The van der Waals surface area contributed by atoms with Crippen LogP contribution in [0.5, 0.6) is 11.8 Å². The van der Waals surface area contributed by atoms with E-state index in [-0.39, 0.29) is 38.7 Å². The molecule has 3 heterocycles. The summed E-state index contributed by atoms with van der Waals surface area (Å²) in [5.41, 5.74) is 2.32. The first-order valence-corrected chi connectivity index (χ1v) is 19.1. The third-order valence-electron chi connectivity index (χ3n) is 11.6. The number of pyridine rings is 2. The van der Waals surface area contributed by atoms with Gasteiger partial charge in [0.15, 0.2) is 0 Å². The number of piperidine rings is 1. The molecule has 57 heavy (non-hydrogen) atoms. The second-order valence-electron chi connectivity index (χ2n) is 15.3. The molecule has 1 aliphatic carbocycles. The van der Waals surface area contributed by atoms with Gasteiger partial charge in [0.25, 0.3) is 0 Å². The predicted octanol–water partition coefficient (Wildman–Crippen LogP) is 10.8. The number of aromatic nitrogens is 2. The van der Waals surface area contributed by atoms with Crippen molar-refractivity contribution in [2.45, 2.75) is 69.6 Å². The van der Waals surface area contributed by atoms with Crippen LogP contribution in [0.1, 0.15) is 59.9 Å². The number of benzene rings is 4. The first-order chi connectivity index (χ1) is 27.4. The van der Waals surface area contributed by atoms with E-state index in [2.05, 4.69) is 4.90 Å². The van der Waals surface area contributed by atoms with Gasteiger partial charge in [0.05, 0.1) is 16.7 Å². The Hall–Kier alpha value is -5.39. The fourth-order valence-corrected chi connectivity index (χ4v) is 8.36. The normalized spacial score (nSPS) is 19.4. The minimum atomic E-state index is -4.44. The summed E-state index contributed by atoms with van der Waals surface area (Å²) in [5, 5.41) is 13.5. The number of nitrogens with zero attached hydrogens (tertiary/aromatic N) is 3. The summed E-state index contributed by atoms with van der Waals surface area (Å²) in [6.45, 7) is 1.71. The Morgan fingerprint density at radius 2 is 1.37 bits per heavy atom. The van der Waals surface area contributed by atoms with Gasteiger partial charge in [0.2, 0.25) is 17.7 Å². The van der Waals surface area contributed by atoms with Crippen LogP contribution >= 0.6 is 0 Å². The van der Waals surface area contributed by atoms with Gasteiger partial charge in [-0.1, -0.05) is 78.9 Å². The molecule has 0 bridgehead atoms. The Balaban J connectivity index is 1.09. The number of fused-ring (bicyclic) bond motifs is 1. The summed E-state index contributed by atoms with van der Waals surface area (Å²) in [4.78, 5) is 11.6. The SMILES string of the molecule is OC1(c2ccc3ncc(-c4ccc(OCc5ccccc5)nc4OCc4ccccc4)cc3c2)CCN(Cc2ccc(C(F)(F)F)cc2)CC12CCC(F)(F)CC2. The third-order valence-corrected chi connectivity index (χ3v) is 11.6. The van der Waals surface area contributed by atoms with Crippen molar-refractivity contribution in [3.8, 4) is 22.9 Å². The van der Waals surface area contributed by atoms with Crippen LogP contribution in [-0.2, 0) is 31.5 Å². The van der Waals surface area contributed by atoms with Gasteiger partial charge in [-0.3, -0.25) is 9.88 Å². The smallest absolute Gasteiger partial charge is 0.416 e. The largest absolute Gasteiger partial charge is 0.473 e. The van der Waals surface area contributed by atoms with E-state index in [1.54, 1.807) is 12.3 Å². The average molecular weight is 780 g/mol. The van der Waals surface area contributed by atoms with Gasteiger partial charge in [-0.2, -0.15) is 18.2 Å². The van der Waals surface area contributed by atoms with Gasteiger partial charge < -0.3 is 14.6 Å². The van der Waals surface area contributed by atoms with Gasteiger partial charge in [-0.05, 0) is 77.9 Å². The molecule has 1 spiro atoms. The Morgan fingerprint density at radius 1 is 0.702 bits per heavy atom. The number of halogens is 5.